The van der Waals surface area contributed by atoms with Gasteiger partial charge in [0.15, 0.2) is 0 Å². The second-order valence-electron chi connectivity index (χ2n) is 10.7. The van der Waals surface area contributed by atoms with Gasteiger partial charge in [-0.3, -0.25) is 0 Å². The van der Waals surface area contributed by atoms with Gasteiger partial charge in [0, 0.05) is 0 Å². The Bertz CT molecular complexity index is 571. The van der Waals surface area contributed by atoms with E-state index in [4.69, 9.17) is 0 Å². The van der Waals surface area contributed by atoms with Crippen molar-refractivity contribution in [2.45, 2.75) is 78.1 Å². The zero-order valence-electron chi connectivity index (χ0n) is 15.9. The van der Waals surface area contributed by atoms with Gasteiger partial charge in [-0.15, -0.1) is 0 Å². The number of fused-ring (bicyclic) bond motifs is 4. The molecule has 5 aliphatic carbocycles. The van der Waals surface area contributed by atoms with Crippen LogP contribution in [0.2, 0.25) is 0 Å². The molecule has 4 fully saturated rings. The number of allylic oxidation sites excluding steroid dienone is 3. The molecule has 0 heterocycles. The van der Waals surface area contributed by atoms with Crippen molar-refractivity contribution < 1.29 is 0 Å². The maximum Gasteiger partial charge on any atom is -0.00525 e. The van der Waals surface area contributed by atoms with Gasteiger partial charge < -0.3 is 0 Å². The zero-order chi connectivity index (χ0) is 16.5. The van der Waals surface area contributed by atoms with Gasteiger partial charge in [-0.2, -0.15) is 0 Å². The summed E-state index contributed by atoms with van der Waals surface area (Å²) in [7, 11) is 0. The van der Waals surface area contributed by atoms with Crippen LogP contribution < -0.4 is 0 Å². The zero-order valence-corrected chi connectivity index (χ0v) is 15.9. The lowest BCUT2D eigenvalue weighted by Crippen LogP contribution is -2.53. The largest absolute Gasteiger partial charge is 0.0958 e. The van der Waals surface area contributed by atoms with Crippen molar-refractivity contribution >= 4 is 0 Å². The highest BCUT2D eigenvalue weighted by atomic mass is 14.6. The Kier molecular flexibility index (Phi) is 3.43. The summed E-state index contributed by atoms with van der Waals surface area (Å²) >= 11 is 0. The van der Waals surface area contributed by atoms with E-state index in [0.717, 1.165) is 35.5 Å². The highest BCUT2D eigenvalue weighted by Crippen LogP contribution is 2.69. The smallest absolute Gasteiger partial charge is 0.00525 e. The van der Waals surface area contributed by atoms with E-state index in [2.05, 4.69) is 32.6 Å². The Labute approximate surface area is 149 Å². The van der Waals surface area contributed by atoms with Crippen molar-refractivity contribution in [2.24, 2.45) is 46.3 Å². The molecule has 7 unspecified atom stereocenters. The molecule has 8 atom stereocenters. The van der Waals surface area contributed by atoms with E-state index in [0.29, 0.717) is 10.8 Å². The summed E-state index contributed by atoms with van der Waals surface area (Å²) in [5.41, 5.74) is 2.65. The Morgan fingerprint density at radius 2 is 1.79 bits per heavy atom. The first-order valence-electron chi connectivity index (χ1n) is 10.9. The van der Waals surface area contributed by atoms with Gasteiger partial charge in [0.05, 0.1) is 0 Å². The molecule has 0 amide bonds. The fourth-order valence-electron chi connectivity index (χ4n) is 8.60. The van der Waals surface area contributed by atoms with E-state index < -0.39 is 0 Å². The number of rotatable bonds is 0. The lowest BCUT2D eigenvalue weighted by Gasteiger charge is -2.61. The van der Waals surface area contributed by atoms with E-state index in [1.54, 1.807) is 6.42 Å². The Balaban J connectivity index is 1.47. The maximum absolute atomic E-state index is 4.28. The van der Waals surface area contributed by atoms with Gasteiger partial charge >= 0.3 is 0 Å². The van der Waals surface area contributed by atoms with Crippen LogP contribution in [0.1, 0.15) is 78.1 Å². The molecule has 0 aromatic carbocycles. The predicted octanol–water partition coefficient (Wildman–Crippen LogP) is 6.78. The van der Waals surface area contributed by atoms with Gasteiger partial charge in [-0.05, 0) is 104 Å². The van der Waals surface area contributed by atoms with Gasteiger partial charge in [-0.1, -0.05) is 44.6 Å². The summed E-state index contributed by atoms with van der Waals surface area (Å²) in [6, 6.07) is 0. The van der Waals surface area contributed by atoms with Crippen LogP contribution in [0, 0.1) is 46.3 Å². The molecule has 24 heavy (non-hydrogen) atoms. The molecule has 0 aliphatic heterocycles. The first kappa shape index (κ1) is 15.7. The predicted molar refractivity (Wildman–Crippen MR) is 102 cm³/mol. The van der Waals surface area contributed by atoms with Gasteiger partial charge in [-0.25, -0.2) is 0 Å². The third kappa shape index (κ3) is 1.98. The van der Waals surface area contributed by atoms with Gasteiger partial charge in [0.2, 0.25) is 0 Å². The minimum absolute atomic E-state index is 0.577. The topological polar surface area (TPSA) is 0 Å². The molecule has 0 saturated heterocycles. The van der Waals surface area contributed by atoms with Gasteiger partial charge in [0.25, 0.3) is 0 Å². The fourth-order valence-corrected chi connectivity index (χ4v) is 8.60. The van der Waals surface area contributed by atoms with Gasteiger partial charge in [0.1, 0.15) is 0 Å². The lowest BCUT2D eigenvalue weighted by molar-refractivity contribution is -0.110. The quantitative estimate of drug-likeness (QED) is 0.461. The molecule has 0 radical (unpaired) electrons. The van der Waals surface area contributed by atoms with Crippen molar-refractivity contribution in [1.82, 2.24) is 0 Å². The summed E-state index contributed by atoms with van der Waals surface area (Å²) in [6.45, 7) is 9.49. The van der Waals surface area contributed by atoms with E-state index in [9.17, 15) is 0 Å². The van der Waals surface area contributed by atoms with Crippen molar-refractivity contribution in [3.8, 4) is 0 Å². The van der Waals surface area contributed by atoms with Crippen LogP contribution in [0.25, 0.3) is 0 Å². The van der Waals surface area contributed by atoms with Crippen LogP contribution >= 0.6 is 0 Å². The SMILES string of the molecule is C=C1C=CC23CCC4C(CCC5C[C@H](C)CCC54C)C2CCC3C1. The second-order valence-corrected chi connectivity index (χ2v) is 10.7. The second kappa shape index (κ2) is 5.24. The fraction of sp³-hybridized carbons (Fsp3) is 0.833. The van der Waals surface area contributed by atoms with Crippen molar-refractivity contribution in [3.05, 3.63) is 24.3 Å². The first-order chi connectivity index (χ1) is 11.5. The Morgan fingerprint density at radius 1 is 0.958 bits per heavy atom. The van der Waals surface area contributed by atoms with Crippen molar-refractivity contribution in [1.29, 1.82) is 0 Å². The van der Waals surface area contributed by atoms with E-state index in [-0.39, 0.29) is 0 Å². The molecule has 0 heteroatoms. The number of hydrogen-bond donors (Lipinski definition) is 0. The lowest BCUT2D eigenvalue weighted by atomic mass is 9.43. The van der Waals surface area contributed by atoms with Crippen LogP contribution in [0.4, 0.5) is 0 Å². The summed E-state index contributed by atoms with van der Waals surface area (Å²) in [4.78, 5) is 0. The normalized spacial score (nSPS) is 56.2. The summed E-state index contributed by atoms with van der Waals surface area (Å²) in [5, 5.41) is 0. The van der Waals surface area contributed by atoms with Crippen LogP contribution in [-0.4, -0.2) is 0 Å². The molecular formula is C24H36. The average molecular weight is 325 g/mol. The van der Waals surface area contributed by atoms with Crippen LogP contribution in [0.5, 0.6) is 0 Å². The molecule has 0 aromatic rings. The minimum atomic E-state index is 0.577. The number of hydrogen-bond acceptors (Lipinski definition) is 0. The summed E-state index contributed by atoms with van der Waals surface area (Å²) in [6.07, 6.45) is 20.0. The highest BCUT2D eigenvalue weighted by molar-refractivity contribution is 5.29. The molecule has 1 spiro atoms. The molecular weight excluding hydrogens is 288 g/mol. The Hall–Kier alpha value is -0.520. The summed E-state index contributed by atoms with van der Waals surface area (Å²) in [5.74, 6) is 6.03. The Morgan fingerprint density at radius 3 is 2.67 bits per heavy atom. The third-order valence-electron chi connectivity index (χ3n) is 9.83. The summed E-state index contributed by atoms with van der Waals surface area (Å²) < 4.78 is 0. The molecule has 0 nitrogen and oxygen atoms in total. The van der Waals surface area contributed by atoms with Crippen molar-refractivity contribution in [3.63, 3.8) is 0 Å². The molecule has 132 valence electrons. The maximum atomic E-state index is 4.28. The molecule has 5 rings (SSSR count). The first-order valence-corrected chi connectivity index (χ1v) is 10.9. The molecule has 5 aliphatic rings. The highest BCUT2D eigenvalue weighted by Gasteiger charge is 2.61. The van der Waals surface area contributed by atoms with Crippen LogP contribution in [0.3, 0.4) is 0 Å². The van der Waals surface area contributed by atoms with Crippen molar-refractivity contribution in [2.75, 3.05) is 0 Å². The van der Waals surface area contributed by atoms with E-state index in [1.165, 1.54) is 63.4 Å². The van der Waals surface area contributed by atoms with Crippen LogP contribution in [-0.2, 0) is 0 Å². The van der Waals surface area contributed by atoms with Crippen LogP contribution in [0.15, 0.2) is 24.3 Å². The molecule has 4 saturated carbocycles. The van der Waals surface area contributed by atoms with E-state index in [1.807, 2.05) is 0 Å². The minimum Gasteiger partial charge on any atom is -0.0958 e. The molecule has 0 N–H and O–H groups in total. The van der Waals surface area contributed by atoms with E-state index >= 15 is 0 Å². The molecule has 0 aromatic heterocycles. The standard InChI is InChI=1S/C24H36/c1-16-8-11-23(3)18(14-16)4-6-20-21(23)10-13-24-12-9-17(2)15-19(24)5-7-22(20)24/h9,12,16,18-22H,2,4-8,10-11,13-15H2,1,3H3/t16-,18?,19?,20?,21?,22?,23?,24?/m1/s1. The average Bonchev–Trinajstić information content (AvgIpc) is 2.94. The third-order valence-corrected chi connectivity index (χ3v) is 9.83. The molecule has 0 bridgehead atoms. The monoisotopic (exact) mass is 324 g/mol.